The molecule has 2 aromatic rings. The fourth-order valence-corrected chi connectivity index (χ4v) is 4.38. The topological polar surface area (TPSA) is 24.9 Å². The van der Waals surface area contributed by atoms with Crippen LogP contribution in [-0.4, -0.2) is 22.5 Å². The van der Waals surface area contributed by atoms with E-state index in [0.29, 0.717) is 6.04 Å². The number of fused-ring (bicyclic) bond motifs is 1. The van der Waals surface area contributed by atoms with Gasteiger partial charge in [-0.2, -0.15) is 11.8 Å². The molecule has 2 unspecified atom stereocenters. The Morgan fingerprint density at radius 1 is 1.42 bits per heavy atom. The van der Waals surface area contributed by atoms with Gasteiger partial charge in [0.2, 0.25) is 0 Å². The lowest BCUT2D eigenvalue weighted by molar-refractivity contribution is 0.473. The third kappa shape index (κ3) is 3.03. The van der Waals surface area contributed by atoms with Gasteiger partial charge in [0.25, 0.3) is 0 Å². The van der Waals surface area contributed by atoms with Crippen LogP contribution in [0.2, 0.25) is 0 Å². The second-order valence-electron chi connectivity index (χ2n) is 5.00. The summed E-state index contributed by atoms with van der Waals surface area (Å²) in [6, 6.07) is 5.31. The maximum absolute atomic E-state index is 13.1. The number of hydrogen-bond acceptors (Lipinski definition) is 4. The molecule has 1 aromatic heterocycles. The van der Waals surface area contributed by atoms with Crippen molar-refractivity contribution in [3.63, 3.8) is 0 Å². The van der Waals surface area contributed by atoms with Crippen molar-refractivity contribution < 1.29 is 4.39 Å². The summed E-state index contributed by atoms with van der Waals surface area (Å²) in [6.07, 6.45) is 7.20. The van der Waals surface area contributed by atoms with Gasteiger partial charge in [-0.3, -0.25) is 0 Å². The number of halogens is 1. The molecule has 1 fully saturated rings. The predicted octanol–water partition coefficient (Wildman–Crippen LogP) is 4.52. The van der Waals surface area contributed by atoms with Crippen LogP contribution in [0.1, 0.15) is 25.7 Å². The van der Waals surface area contributed by atoms with E-state index in [1.165, 1.54) is 37.8 Å². The van der Waals surface area contributed by atoms with Crippen LogP contribution >= 0.6 is 23.1 Å². The Hall–Kier alpha value is -0.810. The highest BCUT2D eigenvalue weighted by Gasteiger charge is 2.21. The Labute approximate surface area is 120 Å². The summed E-state index contributed by atoms with van der Waals surface area (Å²) >= 11 is 3.57. The van der Waals surface area contributed by atoms with Crippen molar-refractivity contribution in [3.05, 3.63) is 24.0 Å². The number of nitrogens with one attached hydrogen (secondary N) is 1. The van der Waals surface area contributed by atoms with Crippen molar-refractivity contribution in [3.8, 4) is 0 Å². The molecule has 1 N–H and O–H groups in total. The second kappa shape index (κ2) is 5.67. The monoisotopic (exact) mass is 296 g/mol. The molecule has 1 saturated carbocycles. The number of nitrogens with zero attached hydrogens (tertiary/aromatic N) is 1. The van der Waals surface area contributed by atoms with Gasteiger partial charge in [-0.15, -0.1) is 0 Å². The first kappa shape index (κ1) is 13.2. The van der Waals surface area contributed by atoms with E-state index in [0.717, 1.165) is 20.6 Å². The minimum absolute atomic E-state index is 0.218. The van der Waals surface area contributed by atoms with Crippen molar-refractivity contribution in [2.24, 2.45) is 0 Å². The van der Waals surface area contributed by atoms with Crippen LogP contribution in [0.3, 0.4) is 0 Å². The van der Waals surface area contributed by atoms with Crippen molar-refractivity contribution in [1.82, 2.24) is 4.98 Å². The zero-order valence-electron chi connectivity index (χ0n) is 10.9. The van der Waals surface area contributed by atoms with E-state index in [2.05, 4.69) is 16.6 Å². The number of thioether (sulfide) groups is 1. The van der Waals surface area contributed by atoms with Gasteiger partial charge < -0.3 is 5.32 Å². The average Bonchev–Trinajstić information content (AvgIpc) is 2.80. The van der Waals surface area contributed by atoms with E-state index in [1.807, 2.05) is 11.8 Å². The molecule has 2 atom stereocenters. The van der Waals surface area contributed by atoms with E-state index in [9.17, 15) is 4.39 Å². The molecule has 1 aliphatic carbocycles. The highest BCUT2D eigenvalue weighted by atomic mass is 32.2. The maximum atomic E-state index is 13.1. The molecule has 3 rings (SSSR count). The number of benzene rings is 1. The van der Waals surface area contributed by atoms with Gasteiger partial charge in [0.15, 0.2) is 5.13 Å². The summed E-state index contributed by atoms with van der Waals surface area (Å²) < 4.78 is 14.2. The van der Waals surface area contributed by atoms with Crippen LogP contribution in [0.4, 0.5) is 9.52 Å². The van der Waals surface area contributed by atoms with E-state index >= 15 is 0 Å². The number of thiazole rings is 1. The van der Waals surface area contributed by atoms with Crippen LogP contribution < -0.4 is 5.32 Å². The third-order valence-corrected chi connectivity index (χ3v) is 5.70. The largest absolute Gasteiger partial charge is 0.359 e. The molecule has 0 amide bonds. The second-order valence-corrected chi connectivity index (χ2v) is 7.17. The Kier molecular flexibility index (Phi) is 3.93. The fraction of sp³-hybridized carbons (Fsp3) is 0.500. The molecule has 0 saturated heterocycles. The first-order valence-corrected chi connectivity index (χ1v) is 8.70. The molecular formula is C14H17FN2S2. The van der Waals surface area contributed by atoms with Gasteiger partial charge in [0, 0.05) is 17.4 Å². The normalized spacial score (nSPS) is 23.7. The lowest BCUT2D eigenvalue weighted by atomic mass is 9.95. The molecule has 0 spiro atoms. The zero-order chi connectivity index (χ0) is 13.2. The van der Waals surface area contributed by atoms with Crippen LogP contribution in [0.25, 0.3) is 10.2 Å². The molecule has 1 aromatic carbocycles. The van der Waals surface area contributed by atoms with Crippen LogP contribution in [-0.2, 0) is 0 Å². The van der Waals surface area contributed by atoms with Crippen molar-refractivity contribution >= 4 is 38.4 Å². The summed E-state index contributed by atoms with van der Waals surface area (Å²) in [7, 11) is 0. The Morgan fingerprint density at radius 2 is 2.32 bits per heavy atom. The minimum Gasteiger partial charge on any atom is -0.359 e. The van der Waals surface area contributed by atoms with Crippen LogP contribution in [0.5, 0.6) is 0 Å². The predicted molar refractivity (Wildman–Crippen MR) is 82.8 cm³/mol. The average molecular weight is 296 g/mol. The van der Waals surface area contributed by atoms with E-state index < -0.39 is 0 Å². The molecular weight excluding hydrogens is 279 g/mol. The minimum atomic E-state index is -0.218. The summed E-state index contributed by atoms with van der Waals surface area (Å²) in [5.41, 5.74) is 0.754. The lowest BCUT2D eigenvalue weighted by Gasteiger charge is -2.28. The maximum Gasteiger partial charge on any atom is 0.184 e. The molecule has 0 aliphatic heterocycles. The highest BCUT2D eigenvalue weighted by molar-refractivity contribution is 7.99. The van der Waals surface area contributed by atoms with Gasteiger partial charge in [0.05, 0.1) is 10.2 Å². The van der Waals surface area contributed by atoms with Gasteiger partial charge in [-0.25, -0.2) is 9.37 Å². The smallest absolute Gasteiger partial charge is 0.184 e. The Balaban J connectivity index is 1.74. The summed E-state index contributed by atoms with van der Waals surface area (Å²) in [5, 5.41) is 5.21. The van der Waals surface area contributed by atoms with E-state index in [-0.39, 0.29) is 5.82 Å². The van der Waals surface area contributed by atoms with Crippen molar-refractivity contribution in [2.45, 2.75) is 37.0 Å². The van der Waals surface area contributed by atoms with Gasteiger partial charge in [-0.1, -0.05) is 17.8 Å². The van der Waals surface area contributed by atoms with Gasteiger partial charge in [0.1, 0.15) is 5.82 Å². The van der Waals surface area contributed by atoms with E-state index in [1.54, 1.807) is 17.4 Å². The fourth-order valence-electron chi connectivity index (χ4n) is 2.63. The van der Waals surface area contributed by atoms with Gasteiger partial charge >= 0.3 is 0 Å². The number of rotatable bonds is 3. The summed E-state index contributed by atoms with van der Waals surface area (Å²) in [5.74, 6) is -0.218. The number of aromatic nitrogens is 1. The quantitative estimate of drug-likeness (QED) is 0.901. The molecule has 0 radical (unpaired) electrons. The van der Waals surface area contributed by atoms with E-state index in [4.69, 9.17) is 0 Å². The number of hydrogen-bond donors (Lipinski definition) is 1. The van der Waals surface area contributed by atoms with Crippen LogP contribution in [0.15, 0.2) is 18.2 Å². The lowest BCUT2D eigenvalue weighted by Crippen LogP contribution is -2.28. The standard InChI is InChI=1S/C14H17FN2S2/c1-18-11-4-2-3-10(8-11)16-14-17-12-7-9(15)5-6-13(12)19-14/h5-7,10-11H,2-4,8H2,1H3,(H,16,17). The molecule has 0 bridgehead atoms. The highest BCUT2D eigenvalue weighted by Crippen LogP contribution is 2.31. The Morgan fingerprint density at radius 3 is 3.16 bits per heavy atom. The first-order valence-electron chi connectivity index (χ1n) is 6.60. The van der Waals surface area contributed by atoms with Crippen molar-refractivity contribution in [2.75, 3.05) is 11.6 Å². The SMILES string of the molecule is CSC1CCCC(Nc2nc3cc(F)ccc3s2)C1. The molecule has 1 heterocycles. The van der Waals surface area contributed by atoms with Crippen LogP contribution in [0, 0.1) is 5.82 Å². The van der Waals surface area contributed by atoms with Gasteiger partial charge in [-0.05, 0) is 37.7 Å². The molecule has 1 aliphatic rings. The number of anilines is 1. The zero-order valence-corrected chi connectivity index (χ0v) is 12.5. The molecule has 5 heteroatoms. The molecule has 2 nitrogen and oxygen atoms in total. The molecule has 102 valence electrons. The summed E-state index contributed by atoms with van der Waals surface area (Å²) in [6.45, 7) is 0. The summed E-state index contributed by atoms with van der Waals surface area (Å²) in [4.78, 5) is 4.48. The van der Waals surface area contributed by atoms with Crippen molar-refractivity contribution in [1.29, 1.82) is 0 Å². The first-order chi connectivity index (χ1) is 9.24. The molecule has 19 heavy (non-hydrogen) atoms. The third-order valence-electron chi connectivity index (χ3n) is 3.64. The Bertz CT molecular complexity index is 570.